The highest BCUT2D eigenvalue weighted by atomic mass is 35.5. The summed E-state index contributed by atoms with van der Waals surface area (Å²) in [5.74, 6) is 0.159. The minimum atomic E-state index is -0.635. The van der Waals surface area contributed by atoms with Crippen LogP contribution in [0, 0.1) is 18.3 Å². The molecule has 8 heteroatoms. The number of methoxy groups -OCH3 is 1. The molecule has 0 aliphatic heterocycles. The number of ether oxygens (including phenoxy) is 1. The van der Waals surface area contributed by atoms with E-state index < -0.39 is 5.97 Å². The van der Waals surface area contributed by atoms with Gasteiger partial charge in [-0.15, -0.1) is 0 Å². The Hall–Kier alpha value is -3.24. The number of nitrogens with two attached hydrogens (primary N) is 1. The number of imidazole rings is 1. The van der Waals surface area contributed by atoms with Crippen LogP contribution < -0.4 is 5.73 Å². The average Bonchev–Trinajstić information content (AvgIpc) is 3.17. The maximum Gasteiger partial charge on any atom is 0.357 e. The van der Waals surface area contributed by atoms with Crippen LogP contribution in [0.3, 0.4) is 0 Å². The molecule has 3 aromatic rings. The number of nitriles is 1. The second kappa shape index (κ2) is 6.34. The average molecular weight is 356 g/mol. The minimum Gasteiger partial charge on any atom is -0.464 e. The van der Waals surface area contributed by atoms with E-state index in [1.807, 2.05) is 17.6 Å². The first-order valence-corrected chi connectivity index (χ1v) is 7.65. The molecule has 0 aliphatic carbocycles. The predicted molar refractivity (Wildman–Crippen MR) is 93.1 cm³/mol. The molecular formula is C17H14ClN5O2. The van der Waals surface area contributed by atoms with E-state index in [-0.39, 0.29) is 16.9 Å². The quantitative estimate of drug-likeness (QED) is 0.728. The lowest BCUT2D eigenvalue weighted by atomic mass is 10.2. The summed E-state index contributed by atoms with van der Waals surface area (Å²) in [6.45, 7) is 1.87. The fraction of sp³-hybridized carbons (Fsp3) is 0.118. The van der Waals surface area contributed by atoms with Crippen molar-refractivity contribution in [1.82, 2.24) is 14.1 Å². The highest BCUT2D eigenvalue weighted by molar-refractivity contribution is 6.32. The number of esters is 1. The van der Waals surface area contributed by atoms with Crippen molar-refractivity contribution in [2.75, 3.05) is 12.8 Å². The molecule has 0 saturated heterocycles. The summed E-state index contributed by atoms with van der Waals surface area (Å²) >= 11 is 6.41. The van der Waals surface area contributed by atoms with Crippen molar-refractivity contribution in [2.24, 2.45) is 0 Å². The van der Waals surface area contributed by atoms with Crippen LogP contribution in [0.4, 0.5) is 5.69 Å². The number of anilines is 1. The molecule has 0 amide bonds. The molecule has 2 N–H and O–H groups in total. The van der Waals surface area contributed by atoms with Crippen LogP contribution in [0.5, 0.6) is 0 Å². The van der Waals surface area contributed by atoms with Gasteiger partial charge in [-0.1, -0.05) is 11.6 Å². The Morgan fingerprint density at radius 1 is 1.40 bits per heavy atom. The second-order valence-corrected chi connectivity index (χ2v) is 5.67. The van der Waals surface area contributed by atoms with Crippen LogP contribution in [0.25, 0.3) is 11.4 Å². The van der Waals surface area contributed by atoms with E-state index in [2.05, 4.69) is 4.98 Å². The SMILES string of the molecule is COC(=O)c1c(N)c(C#N)cn1-c1ccc(-n2ccnc2C)c(Cl)c1. The Morgan fingerprint density at radius 2 is 2.16 bits per heavy atom. The number of aryl methyl sites for hydroxylation is 1. The van der Waals surface area contributed by atoms with Gasteiger partial charge in [0.25, 0.3) is 0 Å². The zero-order valence-corrected chi connectivity index (χ0v) is 14.3. The van der Waals surface area contributed by atoms with E-state index in [9.17, 15) is 10.1 Å². The number of nitrogen functional groups attached to an aromatic ring is 1. The van der Waals surface area contributed by atoms with Crippen molar-refractivity contribution in [3.63, 3.8) is 0 Å². The second-order valence-electron chi connectivity index (χ2n) is 5.26. The number of hydrogen-bond acceptors (Lipinski definition) is 5. The zero-order valence-electron chi connectivity index (χ0n) is 13.5. The Balaban J connectivity index is 2.15. The van der Waals surface area contributed by atoms with Crippen LogP contribution in [-0.4, -0.2) is 27.2 Å². The summed E-state index contributed by atoms with van der Waals surface area (Å²) in [7, 11) is 1.25. The van der Waals surface area contributed by atoms with Crippen LogP contribution in [0.2, 0.25) is 5.02 Å². The zero-order chi connectivity index (χ0) is 18.1. The van der Waals surface area contributed by atoms with Crippen molar-refractivity contribution in [3.8, 4) is 17.4 Å². The number of nitrogens with zero attached hydrogens (tertiary/aromatic N) is 4. The maximum absolute atomic E-state index is 12.1. The lowest BCUT2D eigenvalue weighted by molar-refractivity contribution is 0.0593. The number of rotatable bonds is 3. The fourth-order valence-electron chi connectivity index (χ4n) is 2.59. The van der Waals surface area contributed by atoms with Crippen LogP contribution in [0.1, 0.15) is 21.9 Å². The van der Waals surface area contributed by atoms with Gasteiger partial charge in [0.05, 0.1) is 29.1 Å². The van der Waals surface area contributed by atoms with Gasteiger partial charge < -0.3 is 19.6 Å². The third-order valence-electron chi connectivity index (χ3n) is 3.84. The summed E-state index contributed by atoms with van der Waals surface area (Å²) in [5, 5.41) is 9.64. The van der Waals surface area contributed by atoms with Gasteiger partial charge in [0.1, 0.15) is 11.9 Å². The molecule has 7 nitrogen and oxygen atoms in total. The molecule has 0 bridgehead atoms. The van der Waals surface area contributed by atoms with Crippen LogP contribution >= 0.6 is 11.6 Å². The number of benzene rings is 1. The molecule has 2 heterocycles. The summed E-state index contributed by atoms with van der Waals surface area (Å²) in [6, 6.07) is 7.22. The van der Waals surface area contributed by atoms with Crippen LogP contribution in [-0.2, 0) is 4.74 Å². The third kappa shape index (κ3) is 2.73. The number of halogens is 1. The van der Waals surface area contributed by atoms with Crippen molar-refractivity contribution >= 4 is 23.3 Å². The lowest BCUT2D eigenvalue weighted by Crippen LogP contribution is -2.11. The van der Waals surface area contributed by atoms with Gasteiger partial charge in [-0.2, -0.15) is 5.26 Å². The van der Waals surface area contributed by atoms with Crippen LogP contribution in [0.15, 0.2) is 36.8 Å². The first-order valence-electron chi connectivity index (χ1n) is 7.27. The van der Waals surface area contributed by atoms with E-state index in [4.69, 9.17) is 22.1 Å². The Labute approximate surface area is 148 Å². The molecule has 0 saturated carbocycles. The number of aromatic nitrogens is 3. The highest BCUT2D eigenvalue weighted by Crippen LogP contribution is 2.29. The summed E-state index contributed by atoms with van der Waals surface area (Å²) in [5.41, 5.74) is 7.58. The number of carbonyl (C=O) groups excluding carboxylic acids is 1. The maximum atomic E-state index is 12.1. The molecule has 0 unspecified atom stereocenters. The molecule has 1 aromatic carbocycles. The number of carbonyl (C=O) groups is 1. The topological polar surface area (TPSA) is 98.9 Å². The predicted octanol–water partition coefficient (Wildman–Crippen LogP) is 2.87. The minimum absolute atomic E-state index is 0.0694. The fourth-order valence-corrected chi connectivity index (χ4v) is 2.86. The number of hydrogen-bond donors (Lipinski definition) is 1. The molecule has 0 fully saturated rings. The Morgan fingerprint density at radius 3 is 2.72 bits per heavy atom. The summed E-state index contributed by atoms with van der Waals surface area (Å²) in [4.78, 5) is 16.2. The van der Waals surface area contributed by atoms with E-state index in [0.717, 1.165) is 11.5 Å². The van der Waals surface area contributed by atoms with E-state index in [1.165, 1.54) is 17.9 Å². The molecule has 126 valence electrons. The summed E-state index contributed by atoms with van der Waals surface area (Å²) in [6.07, 6.45) is 4.97. The third-order valence-corrected chi connectivity index (χ3v) is 4.14. The lowest BCUT2D eigenvalue weighted by Gasteiger charge is -2.12. The molecule has 2 aromatic heterocycles. The summed E-state index contributed by atoms with van der Waals surface area (Å²) < 4.78 is 8.11. The van der Waals surface area contributed by atoms with Crippen molar-refractivity contribution in [2.45, 2.75) is 6.92 Å². The smallest absolute Gasteiger partial charge is 0.357 e. The highest BCUT2D eigenvalue weighted by Gasteiger charge is 2.22. The van der Waals surface area contributed by atoms with Gasteiger partial charge in [0.2, 0.25) is 0 Å². The van der Waals surface area contributed by atoms with Gasteiger partial charge in [-0.3, -0.25) is 0 Å². The Kier molecular flexibility index (Phi) is 4.21. The van der Waals surface area contributed by atoms with Gasteiger partial charge in [0, 0.05) is 24.3 Å². The largest absolute Gasteiger partial charge is 0.464 e. The molecular weight excluding hydrogens is 342 g/mol. The molecule has 0 spiro atoms. The van der Waals surface area contributed by atoms with Gasteiger partial charge in [-0.05, 0) is 25.1 Å². The molecule has 3 rings (SSSR count). The standard InChI is InChI=1S/C17H14ClN5O2/c1-10-21-5-6-22(10)14-4-3-12(7-13(14)18)23-9-11(8-19)15(20)16(23)17(24)25-2/h3-7,9H,20H2,1-2H3. The first-order chi connectivity index (χ1) is 12.0. The van der Waals surface area contributed by atoms with Crippen molar-refractivity contribution in [3.05, 3.63) is 58.9 Å². The molecule has 0 radical (unpaired) electrons. The molecule has 0 atom stereocenters. The van der Waals surface area contributed by atoms with Gasteiger partial charge in [0.15, 0.2) is 5.69 Å². The molecule has 25 heavy (non-hydrogen) atoms. The van der Waals surface area contributed by atoms with E-state index >= 15 is 0 Å². The van der Waals surface area contributed by atoms with Crippen molar-refractivity contribution in [1.29, 1.82) is 5.26 Å². The van der Waals surface area contributed by atoms with Gasteiger partial charge in [-0.25, -0.2) is 9.78 Å². The van der Waals surface area contributed by atoms with Crippen molar-refractivity contribution < 1.29 is 9.53 Å². The molecule has 0 aliphatic rings. The monoisotopic (exact) mass is 355 g/mol. The van der Waals surface area contributed by atoms with E-state index in [0.29, 0.717) is 10.7 Å². The van der Waals surface area contributed by atoms with Gasteiger partial charge >= 0.3 is 5.97 Å². The Bertz CT molecular complexity index is 1010. The first kappa shape index (κ1) is 16.6. The van der Waals surface area contributed by atoms with E-state index in [1.54, 1.807) is 30.6 Å². The normalized spacial score (nSPS) is 10.5.